The van der Waals surface area contributed by atoms with Crippen molar-refractivity contribution in [2.45, 2.75) is 27.2 Å². The number of hydrogen-bond acceptors (Lipinski definition) is 1. The zero-order valence-corrected chi connectivity index (χ0v) is 8.72. The van der Waals surface area contributed by atoms with Crippen molar-refractivity contribution >= 4 is 5.69 Å². The minimum absolute atomic E-state index is 1.14. The molecule has 0 N–H and O–H groups in total. The summed E-state index contributed by atoms with van der Waals surface area (Å²) in [6, 6.07) is 4.53. The highest BCUT2D eigenvalue weighted by molar-refractivity contribution is 5.64. The molecule has 0 unspecified atom stereocenters. The van der Waals surface area contributed by atoms with Crippen LogP contribution in [0.25, 0.3) is 0 Å². The fourth-order valence-corrected chi connectivity index (χ4v) is 2.18. The average molecular weight is 175 g/mol. The maximum Gasteiger partial charge on any atom is 0.0431 e. The third-order valence-corrected chi connectivity index (χ3v) is 3.13. The normalized spacial score (nSPS) is 14.8. The van der Waals surface area contributed by atoms with Crippen molar-refractivity contribution in [3.8, 4) is 0 Å². The summed E-state index contributed by atoms with van der Waals surface area (Å²) < 4.78 is 0. The predicted octanol–water partition coefficient (Wildman–Crippen LogP) is 2.69. The molecule has 0 radical (unpaired) electrons. The van der Waals surface area contributed by atoms with E-state index < -0.39 is 0 Å². The third kappa shape index (κ3) is 1.23. The zero-order chi connectivity index (χ0) is 9.42. The van der Waals surface area contributed by atoms with Crippen molar-refractivity contribution in [2.24, 2.45) is 0 Å². The molecule has 70 valence electrons. The first kappa shape index (κ1) is 8.61. The van der Waals surface area contributed by atoms with Crippen LogP contribution in [-0.4, -0.2) is 13.1 Å². The monoisotopic (exact) mass is 175 g/mol. The van der Waals surface area contributed by atoms with Crippen LogP contribution >= 0.6 is 0 Å². The zero-order valence-electron chi connectivity index (χ0n) is 8.72. The number of rotatable bonds is 1. The number of anilines is 1. The number of likely N-dealkylation sites (N-methyl/N-ethyl adjacent to an activating group) is 1. The van der Waals surface area contributed by atoms with E-state index in [1.54, 1.807) is 0 Å². The lowest BCUT2D eigenvalue weighted by Gasteiger charge is -2.19. The molecule has 0 aliphatic carbocycles. The Balaban J connectivity index is 2.54. The van der Waals surface area contributed by atoms with Gasteiger partial charge in [-0.05, 0) is 43.9 Å². The van der Waals surface area contributed by atoms with Crippen molar-refractivity contribution < 1.29 is 0 Å². The van der Waals surface area contributed by atoms with Crippen LogP contribution in [0.1, 0.15) is 23.6 Å². The minimum atomic E-state index is 1.14. The second-order valence-corrected chi connectivity index (χ2v) is 3.84. The molecule has 0 fully saturated rings. The highest BCUT2D eigenvalue weighted by atomic mass is 15.1. The summed E-state index contributed by atoms with van der Waals surface area (Å²) in [5, 5.41) is 0. The standard InChI is InChI=1S/C12H17N/c1-4-13-8-7-11-6-5-9(2)10(3)12(11)13/h5-6H,4,7-8H2,1-3H3. The maximum atomic E-state index is 2.48. The van der Waals surface area contributed by atoms with E-state index in [9.17, 15) is 0 Å². The molecule has 1 heteroatoms. The van der Waals surface area contributed by atoms with Gasteiger partial charge in [0, 0.05) is 18.8 Å². The Morgan fingerprint density at radius 3 is 2.77 bits per heavy atom. The molecule has 2 rings (SSSR count). The summed E-state index contributed by atoms with van der Waals surface area (Å²) in [5.41, 5.74) is 5.92. The summed E-state index contributed by atoms with van der Waals surface area (Å²) in [5.74, 6) is 0. The van der Waals surface area contributed by atoms with Crippen molar-refractivity contribution in [1.29, 1.82) is 0 Å². The van der Waals surface area contributed by atoms with Crippen molar-refractivity contribution in [3.63, 3.8) is 0 Å². The Hall–Kier alpha value is -0.980. The summed E-state index contributed by atoms with van der Waals surface area (Å²) >= 11 is 0. The molecule has 0 aromatic heterocycles. The van der Waals surface area contributed by atoms with Gasteiger partial charge >= 0.3 is 0 Å². The fourth-order valence-electron chi connectivity index (χ4n) is 2.18. The molecule has 13 heavy (non-hydrogen) atoms. The second kappa shape index (κ2) is 3.06. The van der Waals surface area contributed by atoms with Gasteiger partial charge in [0.1, 0.15) is 0 Å². The van der Waals surface area contributed by atoms with Gasteiger partial charge in [-0.2, -0.15) is 0 Å². The maximum absolute atomic E-state index is 2.48. The first-order valence-corrected chi connectivity index (χ1v) is 5.08. The Morgan fingerprint density at radius 1 is 1.31 bits per heavy atom. The van der Waals surface area contributed by atoms with E-state index in [1.165, 1.54) is 35.3 Å². The molecule has 1 nitrogen and oxygen atoms in total. The Kier molecular flexibility index (Phi) is 2.03. The largest absolute Gasteiger partial charge is 0.371 e. The van der Waals surface area contributed by atoms with Gasteiger partial charge in [-0.15, -0.1) is 0 Å². The topological polar surface area (TPSA) is 3.24 Å². The number of aryl methyl sites for hydroxylation is 1. The number of nitrogens with zero attached hydrogens (tertiary/aromatic N) is 1. The molecule has 1 aromatic rings. The Morgan fingerprint density at radius 2 is 2.08 bits per heavy atom. The van der Waals surface area contributed by atoms with Crippen LogP contribution in [-0.2, 0) is 6.42 Å². The minimum Gasteiger partial charge on any atom is -0.371 e. The van der Waals surface area contributed by atoms with Gasteiger partial charge in [-0.25, -0.2) is 0 Å². The van der Waals surface area contributed by atoms with Crippen molar-refractivity contribution in [1.82, 2.24) is 0 Å². The number of hydrogen-bond donors (Lipinski definition) is 0. The summed E-state index contributed by atoms with van der Waals surface area (Å²) in [4.78, 5) is 2.48. The highest BCUT2D eigenvalue weighted by Gasteiger charge is 2.19. The number of fused-ring (bicyclic) bond motifs is 1. The quantitative estimate of drug-likeness (QED) is 0.634. The van der Waals surface area contributed by atoms with Crippen LogP contribution in [0.4, 0.5) is 5.69 Å². The van der Waals surface area contributed by atoms with Crippen molar-refractivity contribution in [2.75, 3.05) is 18.0 Å². The molecular weight excluding hydrogens is 158 g/mol. The molecular formula is C12H17N. The first-order valence-electron chi connectivity index (χ1n) is 5.08. The Labute approximate surface area is 80.4 Å². The van der Waals surface area contributed by atoms with Crippen molar-refractivity contribution in [3.05, 3.63) is 28.8 Å². The van der Waals surface area contributed by atoms with E-state index in [0.29, 0.717) is 0 Å². The summed E-state index contributed by atoms with van der Waals surface area (Å²) in [6.45, 7) is 9.01. The van der Waals surface area contributed by atoms with E-state index in [4.69, 9.17) is 0 Å². The van der Waals surface area contributed by atoms with Crippen LogP contribution in [0.15, 0.2) is 12.1 Å². The second-order valence-electron chi connectivity index (χ2n) is 3.84. The van der Waals surface area contributed by atoms with Gasteiger partial charge in [-0.1, -0.05) is 12.1 Å². The molecule has 0 spiro atoms. The summed E-state index contributed by atoms with van der Waals surface area (Å²) in [6.07, 6.45) is 1.23. The lowest BCUT2D eigenvalue weighted by Crippen LogP contribution is -2.20. The lowest BCUT2D eigenvalue weighted by molar-refractivity contribution is 0.865. The van der Waals surface area contributed by atoms with Gasteiger partial charge in [0.15, 0.2) is 0 Å². The predicted molar refractivity (Wildman–Crippen MR) is 57.5 cm³/mol. The molecule has 1 heterocycles. The average Bonchev–Trinajstić information content (AvgIpc) is 2.55. The van der Waals surface area contributed by atoms with Crippen LogP contribution in [0.5, 0.6) is 0 Å². The molecule has 0 saturated carbocycles. The SMILES string of the molecule is CCN1CCc2ccc(C)c(C)c21. The molecule has 1 aromatic carbocycles. The molecule has 0 saturated heterocycles. The fraction of sp³-hybridized carbons (Fsp3) is 0.500. The first-order chi connectivity index (χ1) is 6.24. The van der Waals surface area contributed by atoms with Crippen LogP contribution in [0, 0.1) is 13.8 Å². The van der Waals surface area contributed by atoms with Gasteiger partial charge in [0.25, 0.3) is 0 Å². The van der Waals surface area contributed by atoms with Crippen LogP contribution in [0.3, 0.4) is 0 Å². The van der Waals surface area contributed by atoms with E-state index in [0.717, 1.165) is 6.54 Å². The molecule has 0 bridgehead atoms. The molecule has 1 aliphatic rings. The molecule has 1 aliphatic heterocycles. The van der Waals surface area contributed by atoms with Gasteiger partial charge in [0.05, 0.1) is 0 Å². The van der Waals surface area contributed by atoms with E-state index in [-0.39, 0.29) is 0 Å². The van der Waals surface area contributed by atoms with Gasteiger partial charge < -0.3 is 4.90 Å². The lowest BCUT2D eigenvalue weighted by atomic mass is 10.0. The molecule has 0 amide bonds. The Bertz CT molecular complexity index is 328. The molecule has 0 atom stereocenters. The van der Waals surface area contributed by atoms with Crippen LogP contribution < -0.4 is 4.90 Å². The van der Waals surface area contributed by atoms with E-state index in [2.05, 4.69) is 37.8 Å². The van der Waals surface area contributed by atoms with Gasteiger partial charge in [0.2, 0.25) is 0 Å². The van der Waals surface area contributed by atoms with E-state index in [1.807, 2.05) is 0 Å². The smallest absolute Gasteiger partial charge is 0.0431 e. The third-order valence-electron chi connectivity index (χ3n) is 3.13. The summed E-state index contributed by atoms with van der Waals surface area (Å²) in [7, 11) is 0. The van der Waals surface area contributed by atoms with Crippen LogP contribution in [0.2, 0.25) is 0 Å². The van der Waals surface area contributed by atoms with E-state index >= 15 is 0 Å². The van der Waals surface area contributed by atoms with Gasteiger partial charge in [-0.3, -0.25) is 0 Å². The highest BCUT2D eigenvalue weighted by Crippen LogP contribution is 2.32. The number of benzene rings is 1.